The lowest BCUT2D eigenvalue weighted by Gasteiger charge is -2.39. The van der Waals surface area contributed by atoms with E-state index in [0.717, 1.165) is 0 Å². The number of rotatable bonds is 7. The summed E-state index contributed by atoms with van der Waals surface area (Å²) >= 11 is 0. The van der Waals surface area contributed by atoms with Gasteiger partial charge < -0.3 is 25.8 Å². The molecule has 0 unspecified atom stereocenters. The Morgan fingerprint density at radius 3 is 2.24 bits per heavy atom. The number of nitrogens with one attached hydrogen (secondary N) is 3. The fraction of sp³-hybridized carbons (Fsp3) is 0.385. The lowest BCUT2D eigenvalue weighted by Crippen LogP contribution is -2.60. The van der Waals surface area contributed by atoms with Crippen molar-refractivity contribution in [3.63, 3.8) is 0 Å². The predicted molar refractivity (Wildman–Crippen MR) is 138 cm³/mol. The van der Waals surface area contributed by atoms with Gasteiger partial charge in [0.05, 0.1) is 18.7 Å². The number of para-hydroxylation sites is 1. The van der Waals surface area contributed by atoms with E-state index in [1.165, 1.54) is 17.9 Å². The van der Waals surface area contributed by atoms with Crippen LogP contribution in [0.3, 0.4) is 0 Å². The second-order valence-corrected chi connectivity index (χ2v) is 9.12. The molecular weight excluding hydrogens is 479 g/mol. The first-order chi connectivity index (χ1) is 17.8. The van der Waals surface area contributed by atoms with E-state index in [4.69, 9.17) is 0 Å². The number of nitrogens with zero attached hydrogens (tertiary/aromatic N) is 3. The van der Waals surface area contributed by atoms with Crippen LogP contribution in [0.4, 0.5) is 21.5 Å². The van der Waals surface area contributed by atoms with E-state index in [-0.39, 0.29) is 36.5 Å². The van der Waals surface area contributed by atoms with Gasteiger partial charge in [-0.25, -0.2) is 4.39 Å². The molecule has 3 N–H and O–H groups in total. The van der Waals surface area contributed by atoms with Crippen LogP contribution in [0.15, 0.2) is 48.5 Å². The van der Waals surface area contributed by atoms with Gasteiger partial charge in [0.2, 0.25) is 23.6 Å². The maximum absolute atomic E-state index is 14.1. The molecule has 11 heteroatoms. The van der Waals surface area contributed by atoms with Gasteiger partial charge in [0.25, 0.3) is 0 Å². The maximum atomic E-state index is 14.1. The van der Waals surface area contributed by atoms with Crippen molar-refractivity contribution < 1.29 is 23.6 Å². The van der Waals surface area contributed by atoms with E-state index in [1.807, 2.05) is 9.80 Å². The smallest absolute Gasteiger partial charge is 0.243 e. The van der Waals surface area contributed by atoms with E-state index in [0.29, 0.717) is 56.3 Å². The normalized spacial score (nSPS) is 18.2. The molecule has 2 saturated heterocycles. The van der Waals surface area contributed by atoms with Crippen LogP contribution >= 0.6 is 0 Å². The first-order valence-corrected chi connectivity index (χ1v) is 12.3. The van der Waals surface area contributed by atoms with Gasteiger partial charge in [-0.05, 0) is 36.4 Å². The summed E-state index contributed by atoms with van der Waals surface area (Å²) in [6, 6.07) is 12.3. The fourth-order valence-electron chi connectivity index (χ4n) is 4.58. The molecular formula is C26H31FN6O4. The molecule has 2 aliphatic heterocycles. The van der Waals surface area contributed by atoms with Gasteiger partial charge in [-0.15, -0.1) is 0 Å². The zero-order valence-electron chi connectivity index (χ0n) is 20.7. The lowest BCUT2D eigenvalue weighted by atomic mass is 10.1. The van der Waals surface area contributed by atoms with Crippen LogP contribution in [0.5, 0.6) is 0 Å². The Bertz CT molecular complexity index is 1150. The van der Waals surface area contributed by atoms with E-state index < -0.39 is 11.9 Å². The van der Waals surface area contributed by atoms with Crippen LogP contribution in [0.1, 0.15) is 13.3 Å². The van der Waals surface area contributed by atoms with Crippen molar-refractivity contribution in [2.45, 2.75) is 19.4 Å². The quantitative estimate of drug-likeness (QED) is 0.517. The summed E-state index contributed by atoms with van der Waals surface area (Å²) < 4.78 is 14.1. The predicted octanol–water partition coefficient (Wildman–Crippen LogP) is 1.26. The first kappa shape index (κ1) is 26.1. The monoisotopic (exact) mass is 510 g/mol. The largest absolute Gasteiger partial charge is 0.367 e. The number of benzene rings is 2. The number of amides is 4. The Morgan fingerprint density at radius 2 is 1.59 bits per heavy atom. The van der Waals surface area contributed by atoms with Gasteiger partial charge in [-0.2, -0.15) is 0 Å². The maximum Gasteiger partial charge on any atom is 0.243 e. The summed E-state index contributed by atoms with van der Waals surface area (Å²) in [5.74, 6) is -1.44. The summed E-state index contributed by atoms with van der Waals surface area (Å²) in [7, 11) is 0. The van der Waals surface area contributed by atoms with Gasteiger partial charge in [0.1, 0.15) is 11.9 Å². The third-order valence-corrected chi connectivity index (χ3v) is 6.44. The van der Waals surface area contributed by atoms with Gasteiger partial charge in [0.15, 0.2) is 0 Å². The first-order valence-electron chi connectivity index (χ1n) is 12.3. The Labute approximate surface area is 214 Å². The Balaban J connectivity index is 1.31. The van der Waals surface area contributed by atoms with E-state index in [1.54, 1.807) is 42.5 Å². The minimum atomic E-state index is -0.903. The Kier molecular flexibility index (Phi) is 8.34. The summed E-state index contributed by atoms with van der Waals surface area (Å²) in [5, 5.41) is 8.13. The number of hydrogen-bond acceptors (Lipinski definition) is 6. The van der Waals surface area contributed by atoms with Crippen molar-refractivity contribution in [3.05, 3.63) is 54.3 Å². The number of carbonyl (C=O) groups is 4. The average molecular weight is 511 g/mol. The Morgan fingerprint density at radius 1 is 0.946 bits per heavy atom. The van der Waals surface area contributed by atoms with Gasteiger partial charge in [0, 0.05) is 57.6 Å². The van der Waals surface area contributed by atoms with Crippen molar-refractivity contribution in [1.82, 2.24) is 15.1 Å². The molecule has 0 aromatic heterocycles. The molecule has 0 saturated carbocycles. The van der Waals surface area contributed by atoms with Crippen LogP contribution in [0.2, 0.25) is 0 Å². The molecule has 4 rings (SSSR count). The highest BCUT2D eigenvalue weighted by Gasteiger charge is 2.35. The molecule has 1 atom stereocenters. The highest BCUT2D eigenvalue weighted by Crippen LogP contribution is 2.21. The summed E-state index contributed by atoms with van der Waals surface area (Å²) in [4.78, 5) is 55.0. The molecule has 10 nitrogen and oxygen atoms in total. The van der Waals surface area contributed by atoms with E-state index >= 15 is 0 Å². The molecule has 0 bridgehead atoms. The van der Waals surface area contributed by atoms with Crippen molar-refractivity contribution in [2.75, 3.05) is 61.3 Å². The van der Waals surface area contributed by atoms with Crippen LogP contribution < -0.4 is 20.9 Å². The molecule has 0 spiro atoms. The molecule has 0 radical (unpaired) electrons. The molecule has 2 fully saturated rings. The molecule has 2 heterocycles. The van der Waals surface area contributed by atoms with Crippen molar-refractivity contribution in [2.24, 2.45) is 0 Å². The Hall–Kier alpha value is -3.99. The molecule has 4 amide bonds. The van der Waals surface area contributed by atoms with E-state index in [2.05, 4.69) is 16.0 Å². The molecule has 2 aromatic carbocycles. The number of anilines is 3. The van der Waals surface area contributed by atoms with Crippen molar-refractivity contribution in [3.8, 4) is 0 Å². The van der Waals surface area contributed by atoms with Gasteiger partial charge in [-0.3, -0.25) is 24.1 Å². The van der Waals surface area contributed by atoms with Crippen LogP contribution in [0, 0.1) is 5.82 Å². The van der Waals surface area contributed by atoms with E-state index in [9.17, 15) is 23.6 Å². The topological polar surface area (TPSA) is 114 Å². The highest BCUT2D eigenvalue weighted by atomic mass is 19.1. The number of piperazine rings is 2. The minimum absolute atomic E-state index is 0.126. The zero-order valence-corrected chi connectivity index (χ0v) is 20.7. The molecule has 196 valence electrons. The summed E-state index contributed by atoms with van der Waals surface area (Å²) in [6.07, 6.45) is -0.175. The second kappa shape index (κ2) is 11.8. The highest BCUT2D eigenvalue weighted by molar-refractivity contribution is 5.98. The van der Waals surface area contributed by atoms with Gasteiger partial charge >= 0.3 is 0 Å². The number of halogens is 1. The van der Waals surface area contributed by atoms with Crippen molar-refractivity contribution in [1.29, 1.82) is 0 Å². The standard InChI is InChI=1S/C26H31FN6O4/c1-18(34)29-19-6-8-20(9-7-19)30-24(35)16-23-26(37)28-10-11-33(23)25(36)17-31-12-14-32(15-13-31)22-5-3-2-4-21(22)27/h2-9,23H,10-17H2,1H3,(H,28,37)(H,29,34)(H,30,35)/t23-/m1/s1. The zero-order chi connectivity index (χ0) is 26.4. The summed E-state index contributed by atoms with van der Waals surface area (Å²) in [5.41, 5.74) is 1.67. The molecule has 2 aliphatic rings. The van der Waals surface area contributed by atoms with Crippen LogP contribution in [0.25, 0.3) is 0 Å². The van der Waals surface area contributed by atoms with Crippen molar-refractivity contribution >= 4 is 40.7 Å². The molecule has 0 aliphatic carbocycles. The number of hydrogen-bond donors (Lipinski definition) is 3. The van der Waals surface area contributed by atoms with Crippen LogP contribution in [-0.4, -0.2) is 85.3 Å². The average Bonchev–Trinajstić information content (AvgIpc) is 2.87. The molecule has 37 heavy (non-hydrogen) atoms. The summed E-state index contributed by atoms with van der Waals surface area (Å²) in [6.45, 7) is 4.52. The SMILES string of the molecule is CC(=O)Nc1ccc(NC(=O)C[C@@H]2C(=O)NCCN2C(=O)CN2CCN(c3ccccc3F)CC2)cc1. The minimum Gasteiger partial charge on any atom is -0.367 e. The lowest BCUT2D eigenvalue weighted by molar-refractivity contribution is -0.145. The number of carbonyl (C=O) groups excluding carboxylic acids is 4. The third-order valence-electron chi connectivity index (χ3n) is 6.44. The fourth-order valence-corrected chi connectivity index (χ4v) is 4.58. The molecule has 2 aromatic rings. The second-order valence-electron chi connectivity index (χ2n) is 9.12. The van der Waals surface area contributed by atoms with Gasteiger partial charge in [-0.1, -0.05) is 12.1 Å². The van der Waals surface area contributed by atoms with Crippen LogP contribution in [-0.2, 0) is 19.2 Å². The third kappa shape index (κ3) is 6.82.